The molecular weight excluding hydrogens is 287 g/mol. The van der Waals surface area contributed by atoms with Crippen molar-refractivity contribution in [3.8, 4) is 17.1 Å². The first-order valence-electron chi connectivity index (χ1n) is 6.56. The molecule has 5 heteroatoms. The molecule has 0 N–H and O–H groups in total. The average molecular weight is 298 g/mol. The summed E-state index contributed by atoms with van der Waals surface area (Å²) in [5, 5.41) is 0.310. The SMILES string of the molecule is CC(=O)Oc1c(-c2ccc(F)cc2)oc2ccccc2c1=O. The Morgan fingerprint density at radius 1 is 1.09 bits per heavy atom. The standard InChI is InChI=1S/C17H11FO4/c1-10(19)21-17-15(20)13-4-2-3-5-14(13)22-16(17)11-6-8-12(18)9-7-11/h2-9H,1H3. The van der Waals surface area contributed by atoms with Crippen LogP contribution in [0.1, 0.15) is 6.92 Å². The number of carbonyl (C=O) groups excluding carboxylic acids is 1. The fraction of sp³-hybridized carbons (Fsp3) is 0.0588. The second kappa shape index (κ2) is 5.44. The summed E-state index contributed by atoms with van der Waals surface area (Å²) in [5.41, 5.74) is 0.361. The first-order valence-corrected chi connectivity index (χ1v) is 6.56. The molecule has 1 aromatic heterocycles. The number of hydrogen-bond acceptors (Lipinski definition) is 4. The summed E-state index contributed by atoms with van der Waals surface area (Å²) in [6.07, 6.45) is 0. The molecule has 22 heavy (non-hydrogen) atoms. The van der Waals surface area contributed by atoms with Crippen LogP contribution in [-0.2, 0) is 4.79 Å². The van der Waals surface area contributed by atoms with Gasteiger partial charge in [-0.25, -0.2) is 4.39 Å². The molecule has 0 radical (unpaired) electrons. The van der Waals surface area contributed by atoms with E-state index >= 15 is 0 Å². The fourth-order valence-electron chi connectivity index (χ4n) is 2.15. The van der Waals surface area contributed by atoms with Crippen molar-refractivity contribution in [3.63, 3.8) is 0 Å². The summed E-state index contributed by atoms with van der Waals surface area (Å²) in [6, 6.07) is 12.0. The molecule has 0 unspecified atom stereocenters. The molecule has 0 aliphatic rings. The maximum Gasteiger partial charge on any atom is 0.308 e. The Kier molecular flexibility index (Phi) is 3.47. The van der Waals surface area contributed by atoms with Crippen molar-refractivity contribution in [2.45, 2.75) is 6.92 Å². The molecule has 0 bridgehead atoms. The Balaban J connectivity index is 2.33. The van der Waals surface area contributed by atoms with Crippen LogP contribution in [0.4, 0.5) is 4.39 Å². The number of ether oxygens (including phenoxy) is 1. The molecule has 0 atom stereocenters. The molecule has 0 fully saturated rings. The Hall–Kier alpha value is -2.95. The summed E-state index contributed by atoms with van der Waals surface area (Å²) < 4.78 is 23.8. The summed E-state index contributed by atoms with van der Waals surface area (Å²) >= 11 is 0. The summed E-state index contributed by atoms with van der Waals surface area (Å²) in [5.74, 6) is -1.15. The maximum absolute atomic E-state index is 13.1. The first-order chi connectivity index (χ1) is 10.6. The van der Waals surface area contributed by atoms with Gasteiger partial charge in [-0.3, -0.25) is 9.59 Å². The van der Waals surface area contributed by atoms with Gasteiger partial charge in [-0.2, -0.15) is 0 Å². The van der Waals surface area contributed by atoms with Gasteiger partial charge < -0.3 is 9.15 Å². The third-order valence-corrected chi connectivity index (χ3v) is 3.11. The molecule has 1 heterocycles. The lowest BCUT2D eigenvalue weighted by molar-refractivity contribution is -0.131. The number of para-hydroxylation sites is 1. The normalized spacial score (nSPS) is 10.6. The minimum absolute atomic E-state index is 0.0962. The van der Waals surface area contributed by atoms with E-state index in [2.05, 4.69) is 0 Å². The van der Waals surface area contributed by atoms with Gasteiger partial charge in [0.05, 0.1) is 5.39 Å². The van der Waals surface area contributed by atoms with Crippen LogP contribution in [0.25, 0.3) is 22.3 Å². The number of hydrogen-bond donors (Lipinski definition) is 0. The van der Waals surface area contributed by atoms with Crippen LogP contribution in [0.2, 0.25) is 0 Å². The monoisotopic (exact) mass is 298 g/mol. The van der Waals surface area contributed by atoms with Crippen LogP contribution in [0.5, 0.6) is 5.75 Å². The lowest BCUT2D eigenvalue weighted by atomic mass is 10.1. The molecule has 3 aromatic rings. The van der Waals surface area contributed by atoms with Gasteiger partial charge in [0.25, 0.3) is 0 Å². The van der Waals surface area contributed by atoms with Crippen molar-refractivity contribution in [3.05, 3.63) is 64.6 Å². The molecule has 4 nitrogen and oxygen atoms in total. The highest BCUT2D eigenvalue weighted by Crippen LogP contribution is 2.30. The molecule has 3 rings (SSSR count). The van der Waals surface area contributed by atoms with Crippen molar-refractivity contribution < 1.29 is 18.3 Å². The zero-order chi connectivity index (χ0) is 15.7. The number of esters is 1. The van der Waals surface area contributed by atoms with Crippen LogP contribution < -0.4 is 10.2 Å². The minimum atomic E-state index is -0.633. The van der Waals surface area contributed by atoms with Crippen LogP contribution in [0.15, 0.2) is 57.7 Å². The van der Waals surface area contributed by atoms with Crippen LogP contribution >= 0.6 is 0 Å². The highest BCUT2D eigenvalue weighted by atomic mass is 19.1. The second-order valence-electron chi connectivity index (χ2n) is 4.69. The highest BCUT2D eigenvalue weighted by Gasteiger charge is 2.19. The van der Waals surface area contributed by atoms with Gasteiger partial charge in [0, 0.05) is 12.5 Å². The van der Waals surface area contributed by atoms with Gasteiger partial charge >= 0.3 is 5.97 Å². The topological polar surface area (TPSA) is 56.5 Å². The van der Waals surface area contributed by atoms with E-state index in [1.165, 1.54) is 31.2 Å². The van der Waals surface area contributed by atoms with E-state index in [0.29, 0.717) is 16.5 Å². The van der Waals surface area contributed by atoms with Crippen LogP contribution in [0.3, 0.4) is 0 Å². The predicted molar refractivity (Wildman–Crippen MR) is 79.2 cm³/mol. The zero-order valence-corrected chi connectivity index (χ0v) is 11.6. The lowest BCUT2D eigenvalue weighted by Crippen LogP contribution is -2.13. The van der Waals surface area contributed by atoms with E-state index in [-0.39, 0.29) is 11.5 Å². The fourth-order valence-corrected chi connectivity index (χ4v) is 2.15. The van der Waals surface area contributed by atoms with E-state index in [0.717, 1.165) is 0 Å². The van der Waals surface area contributed by atoms with Crippen molar-refractivity contribution in [1.82, 2.24) is 0 Å². The zero-order valence-electron chi connectivity index (χ0n) is 11.6. The third kappa shape index (κ3) is 2.48. The Labute approximate surface area is 124 Å². The number of rotatable bonds is 2. The third-order valence-electron chi connectivity index (χ3n) is 3.11. The van der Waals surface area contributed by atoms with Crippen LogP contribution in [-0.4, -0.2) is 5.97 Å². The number of fused-ring (bicyclic) bond motifs is 1. The lowest BCUT2D eigenvalue weighted by Gasteiger charge is -2.09. The molecule has 0 saturated heterocycles. The molecule has 0 aliphatic heterocycles. The van der Waals surface area contributed by atoms with E-state index in [4.69, 9.17) is 9.15 Å². The van der Waals surface area contributed by atoms with E-state index in [1.54, 1.807) is 24.3 Å². The van der Waals surface area contributed by atoms with Gasteiger partial charge in [0.15, 0.2) is 5.76 Å². The predicted octanol–water partition coefficient (Wildman–Crippen LogP) is 3.52. The molecule has 0 aliphatic carbocycles. The largest absolute Gasteiger partial charge is 0.452 e. The molecule has 110 valence electrons. The summed E-state index contributed by atoms with van der Waals surface area (Å²) in [6.45, 7) is 1.20. The highest BCUT2D eigenvalue weighted by molar-refractivity contribution is 5.83. The minimum Gasteiger partial charge on any atom is -0.452 e. The van der Waals surface area contributed by atoms with Crippen molar-refractivity contribution in [2.24, 2.45) is 0 Å². The Morgan fingerprint density at radius 3 is 2.45 bits per heavy atom. The van der Waals surface area contributed by atoms with Crippen molar-refractivity contribution >= 4 is 16.9 Å². The van der Waals surface area contributed by atoms with E-state index < -0.39 is 17.2 Å². The summed E-state index contributed by atoms with van der Waals surface area (Å²) in [4.78, 5) is 23.8. The second-order valence-corrected chi connectivity index (χ2v) is 4.69. The van der Waals surface area contributed by atoms with Crippen LogP contribution in [0, 0.1) is 5.82 Å². The van der Waals surface area contributed by atoms with E-state index in [9.17, 15) is 14.0 Å². The van der Waals surface area contributed by atoms with Gasteiger partial charge in [0.2, 0.25) is 11.2 Å². The van der Waals surface area contributed by atoms with Gasteiger partial charge in [-0.05, 0) is 36.4 Å². The first kappa shape index (κ1) is 14.0. The van der Waals surface area contributed by atoms with Crippen molar-refractivity contribution in [1.29, 1.82) is 0 Å². The molecule has 2 aromatic carbocycles. The molecule has 0 amide bonds. The quantitative estimate of drug-likeness (QED) is 0.679. The van der Waals surface area contributed by atoms with Gasteiger partial charge in [-0.1, -0.05) is 12.1 Å². The Bertz CT molecular complexity index is 910. The molecule has 0 spiro atoms. The smallest absolute Gasteiger partial charge is 0.308 e. The Morgan fingerprint density at radius 2 is 1.77 bits per heavy atom. The molecular formula is C17H11FO4. The van der Waals surface area contributed by atoms with Crippen molar-refractivity contribution in [2.75, 3.05) is 0 Å². The number of halogens is 1. The number of carbonyl (C=O) groups is 1. The summed E-state index contributed by atoms with van der Waals surface area (Å²) in [7, 11) is 0. The van der Waals surface area contributed by atoms with Gasteiger partial charge in [0.1, 0.15) is 11.4 Å². The van der Waals surface area contributed by atoms with E-state index in [1.807, 2.05) is 0 Å². The average Bonchev–Trinajstić information content (AvgIpc) is 2.50. The maximum atomic E-state index is 13.1. The number of benzene rings is 2. The van der Waals surface area contributed by atoms with Gasteiger partial charge in [-0.15, -0.1) is 0 Å². The molecule has 0 saturated carbocycles.